The molecule has 1 atom stereocenters. The number of urea groups is 1. The summed E-state index contributed by atoms with van der Waals surface area (Å²) in [5, 5.41) is 18.4. The Morgan fingerprint density at radius 2 is 1.72 bits per heavy atom. The third-order valence-corrected chi connectivity index (χ3v) is 7.38. The molecule has 0 radical (unpaired) electrons. The summed E-state index contributed by atoms with van der Waals surface area (Å²) >= 11 is 0. The number of aromatic amines is 1. The third-order valence-electron chi connectivity index (χ3n) is 6.27. The fourth-order valence-corrected chi connectivity index (χ4v) is 4.49. The van der Waals surface area contributed by atoms with E-state index >= 15 is 0 Å². The van der Waals surface area contributed by atoms with Crippen molar-refractivity contribution in [2.45, 2.75) is 37.6 Å². The lowest BCUT2D eigenvalue weighted by atomic mass is 9.98. The molecule has 1 heterocycles. The summed E-state index contributed by atoms with van der Waals surface area (Å²) in [7, 11) is -3.44. The van der Waals surface area contributed by atoms with Crippen LogP contribution >= 0.6 is 0 Å². The van der Waals surface area contributed by atoms with Crippen LogP contribution in [0.3, 0.4) is 0 Å². The number of benzene rings is 3. The Kier molecular flexibility index (Phi) is 8.35. The van der Waals surface area contributed by atoms with Crippen LogP contribution in [0.5, 0.6) is 0 Å². The highest BCUT2D eigenvalue weighted by Crippen LogP contribution is 2.25. The lowest BCUT2D eigenvalue weighted by molar-refractivity contribution is 0.102. The van der Waals surface area contributed by atoms with Gasteiger partial charge in [0, 0.05) is 23.2 Å². The number of hydrogen-bond acceptors (Lipinski definition) is 7. The van der Waals surface area contributed by atoms with E-state index in [1.807, 2.05) is 24.3 Å². The molecular weight excluding hydrogens is 518 g/mol. The van der Waals surface area contributed by atoms with Crippen molar-refractivity contribution in [2.24, 2.45) is 0 Å². The molecule has 0 aliphatic heterocycles. The molecule has 0 fully saturated rings. The second-order valence-corrected chi connectivity index (χ2v) is 11.1. The SMILES string of the molecule is CCC(C)c1ccc(N(Cc2ccc(C(=O)Nc3nn[nH]n3)cc2)C(=O)Nc2cccc(S(C)(=O)=O)c2)cc1. The number of tetrazole rings is 1. The van der Waals surface area contributed by atoms with Gasteiger partial charge in [-0.3, -0.25) is 15.0 Å². The maximum absolute atomic E-state index is 13.5. The molecule has 0 aliphatic rings. The minimum Gasteiger partial charge on any atom is -0.307 e. The van der Waals surface area contributed by atoms with E-state index < -0.39 is 21.8 Å². The van der Waals surface area contributed by atoms with Crippen molar-refractivity contribution in [1.29, 1.82) is 0 Å². The molecule has 202 valence electrons. The summed E-state index contributed by atoms with van der Waals surface area (Å²) in [6, 6.07) is 20.2. The van der Waals surface area contributed by atoms with E-state index in [9.17, 15) is 18.0 Å². The molecule has 11 nitrogen and oxygen atoms in total. The maximum atomic E-state index is 13.5. The van der Waals surface area contributed by atoms with E-state index in [0.717, 1.165) is 18.2 Å². The van der Waals surface area contributed by atoms with Gasteiger partial charge in [0.2, 0.25) is 0 Å². The van der Waals surface area contributed by atoms with E-state index in [2.05, 4.69) is 45.1 Å². The van der Waals surface area contributed by atoms with Crippen LogP contribution in [0.1, 0.15) is 47.7 Å². The van der Waals surface area contributed by atoms with Crippen LogP contribution in [0.15, 0.2) is 77.7 Å². The van der Waals surface area contributed by atoms with Crippen LogP contribution in [0, 0.1) is 0 Å². The van der Waals surface area contributed by atoms with Crippen molar-refractivity contribution in [2.75, 3.05) is 21.8 Å². The lowest BCUT2D eigenvalue weighted by Gasteiger charge is -2.24. The highest BCUT2D eigenvalue weighted by atomic mass is 32.2. The molecule has 1 aromatic heterocycles. The van der Waals surface area contributed by atoms with Crippen molar-refractivity contribution >= 4 is 39.1 Å². The van der Waals surface area contributed by atoms with E-state index in [0.29, 0.717) is 22.9 Å². The topological polar surface area (TPSA) is 150 Å². The number of carbonyl (C=O) groups excluding carboxylic acids is 2. The standard InChI is InChI=1S/C27H29N7O4S/c1-4-18(2)20-12-14-23(15-13-20)34(27(36)28-22-6-5-7-24(16-22)39(3,37)38)17-19-8-10-21(11-9-19)25(35)29-26-30-32-33-31-26/h5-16,18H,4,17H2,1-3H3,(H,28,36)(H2,29,30,31,32,33,35). The number of nitrogens with zero attached hydrogens (tertiary/aromatic N) is 4. The second-order valence-electron chi connectivity index (χ2n) is 9.10. The number of nitrogens with one attached hydrogen (secondary N) is 3. The van der Waals surface area contributed by atoms with Crippen LogP contribution in [0.25, 0.3) is 0 Å². The molecule has 4 rings (SSSR count). The van der Waals surface area contributed by atoms with Gasteiger partial charge in [0.15, 0.2) is 9.84 Å². The first kappa shape index (κ1) is 27.5. The largest absolute Gasteiger partial charge is 0.326 e. The predicted molar refractivity (Wildman–Crippen MR) is 148 cm³/mol. The van der Waals surface area contributed by atoms with Gasteiger partial charge in [0.25, 0.3) is 11.9 Å². The number of aromatic nitrogens is 4. The van der Waals surface area contributed by atoms with Crippen molar-refractivity contribution in [3.63, 3.8) is 0 Å². The van der Waals surface area contributed by atoms with Gasteiger partial charge in [-0.15, -0.1) is 5.10 Å². The minimum absolute atomic E-state index is 0.0627. The molecule has 0 spiro atoms. The summed E-state index contributed by atoms with van der Waals surface area (Å²) in [4.78, 5) is 27.6. The molecule has 3 amide bonds. The molecule has 1 unspecified atom stereocenters. The Morgan fingerprint density at radius 1 is 1.00 bits per heavy atom. The first-order valence-electron chi connectivity index (χ1n) is 12.3. The van der Waals surface area contributed by atoms with Gasteiger partial charge in [-0.1, -0.05) is 49.3 Å². The number of rotatable bonds is 9. The minimum atomic E-state index is -3.44. The summed E-state index contributed by atoms with van der Waals surface area (Å²) in [6.07, 6.45) is 2.11. The predicted octanol–water partition coefficient (Wildman–Crippen LogP) is 4.61. The van der Waals surface area contributed by atoms with Crippen molar-refractivity contribution < 1.29 is 18.0 Å². The number of carbonyl (C=O) groups is 2. The van der Waals surface area contributed by atoms with Crippen LogP contribution in [0.4, 0.5) is 22.1 Å². The van der Waals surface area contributed by atoms with Crippen LogP contribution in [-0.2, 0) is 16.4 Å². The van der Waals surface area contributed by atoms with Gasteiger partial charge in [-0.2, -0.15) is 5.21 Å². The summed E-state index contributed by atoms with van der Waals surface area (Å²) < 4.78 is 24.0. The first-order chi connectivity index (χ1) is 18.6. The highest BCUT2D eigenvalue weighted by molar-refractivity contribution is 7.90. The molecule has 39 heavy (non-hydrogen) atoms. The fourth-order valence-electron chi connectivity index (χ4n) is 3.83. The summed E-state index contributed by atoms with van der Waals surface area (Å²) in [5.74, 6) is 0.0443. The zero-order chi connectivity index (χ0) is 28.0. The number of H-pyrrole nitrogens is 1. The second kappa shape index (κ2) is 11.9. The number of hydrogen-bond donors (Lipinski definition) is 3. The Labute approximate surface area is 226 Å². The Hall–Kier alpha value is -4.58. The fraction of sp³-hybridized carbons (Fsp3) is 0.222. The van der Waals surface area contributed by atoms with Gasteiger partial charge in [0.05, 0.1) is 11.4 Å². The zero-order valence-electron chi connectivity index (χ0n) is 21.7. The molecule has 0 aliphatic carbocycles. The van der Waals surface area contributed by atoms with E-state index in [1.54, 1.807) is 41.3 Å². The lowest BCUT2D eigenvalue weighted by Crippen LogP contribution is -2.34. The molecule has 4 aromatic rings. The molecule has 0 bridgehead atoms. The van der Waals surface area contributed by atoms with Gasteiger partial charge < -0.3 is 5.32 Å². The van der Waals surface area contributed by atoms with Gasteiger partial charge in [0.1, 0.15) is 0 Å². The summed E-state index contributed by atoms with van der Waals surface area (Å²) in [5.41, 5.74) is 3.35. The number of sulfone groups is 1. The number of anilines is 3. The molecule has 3 aromatic carbocycles. The van der Waals surface area contributed by atoms with Crippen LogP contribution < -0.4 is 15.5 Å². The summed E-state index contributed by atoms with van der Waals surface area (Å²) in [6.45, 7) is 4.47. The molecular formula is C27H29N7O4S. The van der Waals surface area contributed by atoms with Crippen molar-refractivity contribution in [1.82, 2.24) is 20.6 Å². The molecule has 0 saturated carbocycles. The van der Waals surface area contributed by atoms with Gasteiger partial charge in [-0.25, -0.2) is 13.2 Å². The Morgan fingerprint density at radius 3 is 2.33 bits per heavy atom. The first-order valence-corrected chi connectivity index (χ1v) is 14.2. The van der Waals surface area contributed by atoms with E-state index in [-0.39, 0.29) is 17.4 Å². The van der Waals surface area contributed by atoms with Gasteiger partial charge >= 0.3 is 6.03 Å². The quantitative estimate of drug-likeness (QED) is 0.277. The van der Waals surface area contributed by atoms with Crippen molar-refractivity contribution in [3.05, 3.63) is 89.5 Å². The smallest absolute Gasteiger partial charge is 0.307 e. The van der Waals surface area contributed by atoms with Crippen LogP contribution in [-0.4, -0.2) is 47.2 Å². The van der Waals surface area contributed by atoms with E-state index in [4.69, 9.17) is 0 Å². The third kappa shape index (κ3) is 7.05. The average molecular weight is 548 g/mol. The molecule has 0 saturated heterocycles. The number of amides is 3. The Balaban J connectivity index is 1.57. The zero-order valence-corrected chi connectivity index (χ0v) is 22.6. The Bertz CT molecular complexity index is 1540. The maximum Gasteiger partial charge on any atom is 0.326 e. The average Bonchev–Trinajstić information content (AvgIpc) is 3.44. The monoisotopic (exact) mass is 547 g/mol. The normalized spacial score (nSPS) is 12.0. The molecule has 3 N–H and O–H groups in total. The van der Waals surface area contributed by atoms with E-state index in [1.165, 1.54) is 17.7 Å². The molecule has 12 heteroatoms. The van der Waals surface area contributed by atoms with Gasteiger partial charge in [-0.05, 0) is 71.1 Å². The highest BCUT2D eigenvalue weighted by Gasteiger charge is 2.19. The van der Waals surface area contributed by atoms with Crippen LogP contribution in [0.2, 0.25) is 0 Å². The van der Waals surface area contributed by atoms with Crippen molar-refractivity contribution in [3.8, 4) is 0 Å².